The lowest BCUT2D eigenvalue weighted by Crippen LogP contribution is -2.27. The van der Waals surface area contributed by atoms with Crippen molar-refractivity contribution < 1.29 is 14.7 Å². The average Bonchev–Trinajstić information content (AvgIpc) is 3.34. The van der Waals surface area contributed by atoms with Crippen LogP contribution in [0.15, 0.2) is 60.9 Å². The van der Waals surface area contributed by atoms with E-state index in [-0.39, 0.29) is 18.2 Å². The third-order valence-electron chi connectivity index (χ3n) is 6.94. The zero-order valence-electron chi connectivity index (χ0n) is 19.9. The molecule has 0 bridgehead atoms. The molecular formula is C29H32N2O3. The molecule has 3 aromatic rings. The number of hydrogen-bond acceptors (Lipinski definition) is 3. The van der Waals surface area contributed by atoms with Crippen LogP contribution in [-0.2, 0) is 16.0 Å². The number of nitrogens with one attached hydrogen (secondary N) is 1. The number of amides is 1. The molecule has 34 heavy (non-hydrogen) atoms. The lowest BCUT2D eigenvalue weighted by molar-refractivity contribution is -0.137. The van der Waals surface area contributed by atoms with Crippen LogP contribution >= 0.6 is 0 Å². The third-order valence-corrected chi connectivity index (χ3v) is 6.94. The Kier molecular flexibility index (Phi) is 7.41. The minimum Gasteiger partial charge on any atom is -0.481 e. The van der Waals surface area contributed by atoms with E-state index in [1.165, 1.54) is 0 Å². The molecule has 5 nitrogen and oxygen atoms in total. The first-order chi connectivity index (χ1) is 16.4. The second kappa shape index (κ2) is 10.6. The van der Waals surface area contributed by atoms with Crippen LogP contribution in [0.1, 0.15) is 60.3 Å². The molecule has 1 aromatic heterocycles. The van der Waals surface area contributed by atoms with Gasteiger partial charge in [0.2, 0.25) is 5.91 Å². The number of pyridine rings is 1. The summed E-state index contributed by atoms with van der Waals surface area (Å²) in [5.41, 5.74) is 6.96. The molecule has 0 spiro atoms. The molecule has 4 rings (SSSR count). The molecule has 0 radical (unpaired) electrons. The molecular weight excluding hydrogens is 424 g/mol. The second-order valence-electron chi connectivity index (χ2n) is 9.37. The number of aliphatic carboxylic acids is 1. The van der Waals surface area contributed by atoms with Crippen molar-refractivity contribution in [2.45, 2.75) is 58.3 Å². The van der Waals surface area contributed by atoms with Crippen LogP contribution in [0.2, 0.25) is 0 Å². The first-order valence-electron chi connectivity index (χ1n) is 12.1. The molecule has 2 N–H and O–H groups in total. The normalized spacial score (nSPS) is 14.6. The zero-order chi connectivity index (χ0) is 24.1. The summed E-state index contributed by atoms with van der Waals surface area (Å²) in [6.45, 7) is 3.98. The highest BCUT2D eigenvalue weighted by Crippen LogP contribution is 2.39. The monoisotopic (exact) mass is 456 g/mol. The van der Waals surface area contributed by atoms with Crippen molar-refractivity contribution >= 4 is 17.6 Å². The number of carbonyl (C=O) groups excluding carboxylic acids is 1. The highest BCUT2D eigenvalue weighted by molar-refractivity contribution is 5.97. The highest BCUT2D eigenvalue weighted by Gasteiger charge is 2.32. The van der Waals surface area contributed by atoms with E-state index < -0.39 is 5.97 Å². The number of aryl methyl sites for hydroxylation is 2. The van der Waals surface area contributed by atoms with Crippen LogP contribution in [-0.4, -0.2) is 22.0 Å². The Hall–Kier alpha value is -3.47. The molecule has 0 aliphatic heterocycles. The number of rotatable bonds is 8. The number of hydrogen-bond donors (Lipinski definition) is 2. The van der Waals surface area contributed by atoms with Gasteiger partial charge in [-0.1, -0.05) is 49.2 Å². The van der Waals surface area contributed by atoms with Crippen LogP contribution in [0.4, 0.5) is 5.69 Å². The maximum atomic E-state index is 13.6. The number of carboxylic acids is 1. The molecule has 5 heteroatoms. The van der Waals surface area contributed by atoms with Gasteiger partial charge in [0, 0.05) is 30.1 Å². The largest absolute Gasteiger partial charge is 0.481 e. The molecule has 1 fully saturated rings. The van der Waals surface area contributed by atoms with Crippen molar-refractivity contribution in [3.63, 3.8) is 0 Å². The standard InChI is InChI=1S/C29H32N2O3/c1-19-16-25(18-30-17-19)22-10-12-24(13-11-22)28(23-6-3-4-7-23)29(34)31-26-9-5-8-21(20(26)2)14-15-27(32)33/h5,8-13,16-18,23,28H,3-4,6-7,14-15H2,1-2H3,(H,31,34)(H,32,33)/t28-/m1/s1. The van der Waals surface area contributed by atoms with Crippen LogP contribution in [0.25, 0.3) is 11.1 Å². The van der Waals surface area contributed by atoms with Gasteiger partial charge in [-0.15, -0.1) is 0 Å². The van der Waals surface area contributed by atoms with Crippen molar-refractivity contribution in [2.75, 3.05) is 5.32 Å². The molecule has 1 atom stereocenters. The van der Waals surface area contributed by atoms with Gasteiger partial charge in [-0.3, -0.25) is 14.6 Å². The summed E-state index contributed by atoms with van der Waals surface area (Å²) < 4.78 is 0. The molecule has 2 aromatic carbocycles. The smallest absolute Gasteiger partial charge is 0.303 e. The molecule has 1 aliphatic carbocycles. The van der Waals surface area contributed by atoms with Crippen molar-refractivity contribution in [1.29, 1.82) is 0 Å². The van der Waals surface area contributed by atoms with E-state index in [0.29, 0.717) is 12.3 Å². The Labute approximate surface area is 201 Å². The predicted octanol–water partition coefficient (Wildman–Crippen LogP) is 6.30. The van der Waals surface area contributed by atoms with Gasteiger partial charge in [0.05, 0.1) is 5.92 Å². The van der Waals surface area contributed by atoms with E-state index in [9.17, 15) is 9.59 Å². The third kappa shape index (κ3) is 5.53. The summed E-state index contributed by atoms with van der Waals surface area (Å²) in [4.78, 5) is 28.9. The lowest BCUT2D eigenvalue weighted by Gasteiger charge is -2.24. The van der Waals surface area contributed by atoms with Crippen LogP contribution in [0, 0.1) is 19.8 Å². The van der Waals surface area contributed by atoms with Crippen molar-refractivity contribution in [1.82, 2.24) is 4.98 Å². The number of nitrogens with zero attached hydrogens (tertiary/aromatic N) is 1. The fraction of sp³-hybridized carbons (Fsp3) is 0.345. The fourth-order valence-electron chi connectivity index (χ4n) is 5.07. The molecule has 1 saturated carbocycles. The van der Waals surface area contributed by atoms with Crippen molar-refractivity contribution in [2.24, 2.45) is 5.92 Å². The fourth-order valence-corrected chi connectivity index (χ4v) is 5.07. The van der Waals surface area contributed by atoms with E-state index >= 15 is 0 Å². The summed E-state index contributed by atoms with van der Waals surface area (Å²) in [6.07, 6.45) is 8.66. The van der Waals surface area contributed by atoms with Crippen LogP contribution in [0.5, 0.6) is 0 Å². The number of anilines is 1. The Morgan fingerprint density at radius 3 is 2.44 bits per heavy atom. The highest BCUT2D eigenvalue weighted by atomic mass is 16.4. The maximum Gasteiger partial charge on any atom is 0.303 e. The molecule has 0 unspecified atom stereocenters. The van der Waals surface area contributed by atoms with Gasteiger partial charge >= 0.3 is 5.97 Å². The topological polar surface area (TPSA) is 79.3 Å². The van der Waals surface area contributed by atoms with E-state index in [2.05, 4.69) is 40.6 Å². The van der Waals surface area contributed by atoms with E-state index in [1.807, 2.05) is 44.4 Å². The van der Waals surface area contributed by atoms with E-state index in [0.717, 1.165) is 64.8 Å². The van der Waals surface area contributed by atoms with Gasteiger partial charge in [0.25, 0.3) is 0 Å². The Bertz CT molecular complexity index is 1160. The van der Waals surface area contributed by atoms with Crippen LogP contribution in [0.3, 0.4) is 0 Å². The van der Waals surface area contributed by atoms with Crippen LogP contribution < -0.4 is 5.32 Å². The number of benzene rings is 2. The molecule has 1 amide bonds. The zero-order valence-corrected chi connectivity index (χ0v) is 19.9. The van der Waals surface area contributed by atoms with Crippen molar-refractivity contribution in [3.8, 4) is 11.1 Å². The Morgan fingerprint density at radius 2 is 1.76 bits per heavy atom. The maximum absolute atomic E-state index is 13.6. The molecule has 1 aliphatic rings. The number of aromatic nitrogens is 1. The quantitative estimate of drug-likeness (QED) is 0.417. The van der Waals surface area contributed by atoms with Gasteiger partial charge in [0.1, 0.15) is 0 Å². The summed E-state index contributed by atoms with van der Waals surface area (Å²) in [5, 5.41) is 12.2. The van der Waals surface area contributed by atoms with Gasteiger partial charge in [-0.25, -0.2) is 0 Å². The summed E-state index contributed by atoms with van der Waals surface area (Å²) in [5.74, 6) is -0.702. The number of carbonyl (C=O) groups is 2. The molecule has 1 heterocycles. The van der Waals surface area contributed by atoms with Gasteiger partial charge < -0.3 is 10.4 Å². The van der Waals surface area contributed by atoms with Gasteiger partial charge in [-0.05, 0) is 79.0 Å². The minimum absolute atomic E-state index is 0.00959. The van der Waals surface area contributed by atoms with Gasteiger partial charge in [0.15, 0.2) is 0 Å². The second-order valence-corrected chi connectivity index (χ2v) is 9.37. The predicted molar refractivity (Wildman–Crippen MR) is 135 cm³/mol. The van der Waals surface area contributed by atoms with E-state index in [1.54, 1.807) is 0 Å². The van der Waals surface area contributed by atoms with Crippen molar-refractivity contribution in [3.05, 3.63) is 83.2 Å². The van der Waals surface area contributed by atoms with E-state index in [4.69, 9.17) is 5.11 Å². The first-order valence-corrected chi connectivity index (χ1v) is 12.1. The summed E-state index contributed by atoms with van der Waals surface area (Å²) >= 11 is 0. The average molecular weight is 457 g/mol. The SMILES string of the molecule is Cc1cncc(-c2ccc([C@H](C(=O)Nc3cccc(CCC(=O)O)c3C)C3CCCC3)cc2)c1. The number of carboxylic acid groups (broad SMARTS) is 1. The summed E-state index contributed by atoms with van der Waals surface area (Å²) in [7, 11) is 0. The molecule has 176 valence electrons. The molecule has 0 saturated heterocycles. The minimum atomic E-state index is -0.819. The van der Waals surface area contributed by atoms with Gasteiger partial charge in [-0.2, -0.15) is 0 Å². The summed E-state index contributed by atoms with van der Waals surface area (Å²) in [6, 6.07) is 16.2. The Morgan fingerprint density at radius 1 is 1.03 bits per heavy atom. The first kappa shape index (κ1) is 23.7. The lowest BCUT2D eigenvalue weighted by atomic mass is 9.83. The Balaban J connectivity index is 1.58.